The van der Waals surface area contributed by atoms with E-state index >= 15 is 0 Å². The molecule has 24 heavy (non-hydrogen) atoms. The van der Waals surface area contributed by atoms with Crippen molar-refractivity contribution in [2.24, 2.45) is 0 Å². The van der Waals surface area contributed by atoms with Crippen LogP contribution in [0.1, 0.15) is 32.5 Å². The van der Waals surface area contributed by atoms with E-state index in [2.05, 4.69) is 25.7 Å². The van der Waals surface area contributed by atoms with Crippen molar-refractivity contribution in [1.29, 1.82) is 0 Å². The molecule has 9 heteroatoms. The summed E-state index contributed by atoms with van der Waals surface area (Å²) in [6, 6.07) is 7.55. The number of aromatic nitrogens is 6. The molecule has 126 valence electrons. The van der Waals surface area contributed by atoms with E-state index in [0.717, 1.165) is 5.69 Å². The first kappa shape index (κ1) is 16.4. The van der Waals surface area contributed by atoms with Gasteiger partial charge in [-0.2, -0.15) is 9.67 Å². The molecule has 0 atom stereocenters. The van der Waals surface area contributed by atoms with Crippen LogP contribution in [0.15, 0.2) is 33.9 Å². The highest BCUT2D eigenvalue weighted by Gasteiger charge is 2.21. The molecule has 0 saturated heterocycles. The fourth-order valence-corrected chi connectivity index (χ4v) is 2.69. The molecule has 0 N–H and O–H groups in total. The van der Waals surface area contributed by atoms with Crippen molar-refractivity contribution in [3.05, 3.63) is 36.0 Å². The topological polar surface area (TPSA) is 91.8 Å². The normalized spacial score (nSPS) is 11.7. The maximum atomic E-state index is 5.36. The van der Waals surface area contributed by atoms with Gasteiger partial charge in [0.15, 0.2) is 5.82 Å². The molecule has 3 rings (SSSR count). The lowest BCUT2D eigenvalue weighted by Gasteiger charge is -2.10. The van der Waals surface area contributed by atoms with Gasteiger partial charge in [0.1, 0.15) is 11.4 Å². The van der Waals surface area contributed by atoms with Gasteiger partial charge in [-0.15, -0.1) is 5.10 Å². The number of rotatable bonds is 5. The summed E-state index contributed by atoms with van der Waals surface area (Å²) in [6.45, 7) is 6.12. The zero-order valence-corrected chi connectivity index (χ0v) is 14.7. The monoisotopic (exact) mass is 346 g/mol. The molecular formula is C15H18N6O2S. The second kappa shape index (κ2) is 6.60. The molecule has 2 aromatic heterocycles. The van der Waals surface area contributed by atoms with Crippen LogP contribution < -0.4 is 4.74 Å². The van der Waals surface area contributed by atoms with E-state index in [-0.39, 0.29) is 5.41 Å². The van der Waals surface area contributed by atoms with Gasteiger partial charge >= 0.3 is 0 Å². The summed E-state index contributed by atoms with van der Waals surface area (Å²) < 4.78 is 12.3. The molecule has 0 unspecified atom stereocenters. The van der Waals surface area contributed by atoms with E-state index < -0.39 is 0 Å². The van der Waals surface area contributed by atoms with Crippen LogP contribution >= 0.6 is 11.8 Å². The van der Waals surface area contributed by atoms with Crippen molar-refractivity contribution >= 4 is 11.8 Å². The summed E-state index contributed by atoms with van der Waals surface area (Å²) in [5.74, 6) is 2.40. The third kappa shape index (κ3) is 3.40. The van der Waals surface area contributed by atoms with Gasteiger partial charge in [0.05, 0.1) is 12.9 Å². The quantitative estimate of drug-likeness (QED) is 0.651. The van der Waals surface area contributed by atoms with Crippen molar-refractivity contribution in [2.75, 3.05) is 7.11 Å². The lowest BCUT2D eigenvalue weighted by atomic mass is 9.96. The second-order valence-electron chi connectivity index (χ2n) is 6.10. The molecule has 0 bridgehead atoms. The third-order valence-electron chi connectivity index (χ3n) is 3.22. The predicted octanol–water partition coefficient (Wildman–Crippen LogP) is 2.64. The summed E-state index contributed by atoms with van der Waals surface area (Å²) in [5.41, 5.74) is 0.624. The molecule has 0 aliphatic rings. The Kier molecular flexibility index (Phi) is 4.52. The minimum atomic E-state index is -0.147. The van der Waals surface area contributed by atoms with Gasteiger partial charge in [-0.25, -0.2) is 0 Å². The molecule has 0 fully saturated rings. The Morgan fingerprint density at radius 2 is 2.04 bits per heavy atom. The number of hydrogen-bond donors (Lipinski definition) is 0. The van der Waals surface area contributed by atoms with Gasteiger partial charge < -0.3 is 9.26 Å². The van der Waals surface area contributed by atoms with E-state index in [1.54, 1.807) is 11.8 Å². The first-order valence-electron chi connectivity index (χ1n) is 7.36. The fraction of sp³-hybridized carbons (Fsp3) is 0.400. The Labute approximate surface area is 143 Å². The standard InChI is InChI=1S/C15H18N6O2S/c1-15(2,3)13-16-12(23-18-13)9-24-14-17-19-20-21(14)10-7-5-6-8-11(10)22-4/h5-8H,9H2,1-4H3. The Morgan fingerprint density at radius 1 is 1.25 bits per heavy atom. The molecule has 2 heterocycles. The van der Waals surface area contributed by atoms with Crippen LogP contribution in [0.3, 0.4) is 0 Å². The Morgan fingerprint density at radius 3 is 2.75 bits per heavy atom. The van der Waals surface area contributed by atoms with Crippen molar-refractivity contribution < 1.29 is 9.26 Å². The number of para-hydroxylation sites is 2. The highest BCUT2D eigenvalue weighted by molar-refractivity contribution is 7.98. The smallest absolute Gasteiger partial charge is 0.237 e. The minimum Gasteiger partial charge on any atom is -0.494 e. The fourth-order valence-electron chi connectivity index (χ4n) is 1.97. The Balaban J connectivity index is 1.78. The van der Waals surface area contributed by atoms with Crippen LogP contribution in [0.2, 0.25) is 0 Å². The third-order valence-corrected chi connectivity index (χ3v) is 4.12. The molecule has 1 aromatic carbocycles. The van der Waals surface area contributed by atoms with Crippen LogP contribution in [0.5, 0.6) is 5.75 Å². The zero-order chi connectivity index (χ0) is 17.2. The Hall–Kier alpha value is -2.42. The van der Waals surface area contributed by atoms with Crippen molar-refractivity contribution in [2.45, 2.75) is 37.1 Å². The van der Waals surface area contributed by atoms with E-state index in [0.29, 0.717) is 28.4 Å². The number of tetrazole rings is 1. The molecular weight excluding hydrogens is 328 g/mol. The largest absolute Gasteiger partial charge is 0.494 e. The van der Waals surface area contributed by atoms with Crippen LogP contribution in [0.25, 0.3) is 5.69 Å². The highest BCUT2D eigenvalue weighted by Crippen LogP contribution is 2.27. The van der Waals surface area contributed by atoms with Gasteiger partial charge in [0, 0.05) is 5.41 Å². The molecule has 3 aromatic rings. The summed E-state index contributed by atoms with van der Waals surface area (Å²) in [6.07, 6.45) is 0. The van der Waals surface area contributed by atoms with Crippen LogP contribution in [-0.2, 0) is 11.2 Å². The predicted molar refractivity (Wildman–Crippen MR) is 88.3 cm³/mol. The van der Waals surface area contributed by atoms with Crippen LogP contribution in [-0.4, -0.2) is 37.5 Å². The number of ether oxygens (including phenoxy) is 1. The van der Waals surface area contributed by atoms with Crippen LogP contribution in [0.4, 0.5) is 0 Å². The van der Waals surface area contributed by atoms with E-state index in [4.69, 9.17) is 9.26 Å². The van der Waals surface area contributed by atoms with Crippen LogP contribution in [0, 0.1) is 0 Å². The molecule has 0 aliphatic carbocycles. The van der Waals surface area contributed by atoms with Gasteiger partial charge in [0.2, 0.25) is 11.0 Å². The summed E-state index contributed by atoms with van der Waals surface area (Å²) in [4.78, 5) is 4.42. The molecule has 0 amide bonds. The average molecular weight is 346 g/mol. The van der Waals surface area contributed by atoms with Crippen molar-refractivity contribution in [1.82, 2.24) is 30.3 Å². The van der Waals surface area contributed by atoms with Gasteiger partial charge in [-0.1, -0.05) is 49.8 Å². The van der Waals surface area contributed by atoms with Crippen molar-refractivity contribution in [3.63, 3.8) is 0 Å². The molecule has 0 spiro atoms. The molecule has 0 radical (unpaired) electrons. The maximum absolute atomic E-state index is 5.36. The Bertz CT molecular complexity index is 823. The number of thioether (sulfide) groups is 1. The molecule has 0 aliphatic heterocycles. The second-order valence-corrected chi connectivity index (χ2v) is 7.04. The van der Waals surface area contributed by atoms with Gasteiger partial charge in [-0.3, -0.25) is 0 Å². The SMILES string of the molecule is COc1ccccc1-n1nnnc1SCc1nc(C(C)(C)C)no1. The van der Waals surface area contributed by atoms with Gasteiger partial charge in [-0.05, 0) is 22.6 Å². The average Bonchev–Trinajstić information content (AvgIpc) is 3.21. The lowest BCUT2D eigenvalue weighted by Crippen LogP contribution is -2.13. The summed E-state index contributed by atoms with van der Waals surface area (Å²) in [7, 11) is 1.61. The van der Waals surface area contributed by atoms with E-state index in [1.807, 2.05) is 45.0 Å². The lowest BCUT2D eigenvalue weighted by molar-refractivity contribution is 0.372. The zero-order valence-electron chi connectivity index (χ0n) is 13.9. The molecule has 8 nitrogen and oxygen atoms in total. The molecule has 0 saturated carbocycles. The first-order chi connectivity index (χ1) is 11.5. The number of hydrogen-bond acceptors (Lipinski definition) is 8. The first-order valence-corrected chi connectivity index (χ1v) is 8.35. The van der Waals surface area contributed by atoms with E-state index in [1.165, 1.54) is 11.8 Å². The van der Waals surface area contributed by atoms with Crippen molar-refractivity contribution in [3.8, 4) is 11.4 Å². The number of methoxy groups -OCH3 is 1. The van der Waals surface area contributed by atoms with Gasteiger partial charge in [0.25, 0.3) is 0 Å². The highest BCUT2D eigenvalue weighted by atomic mass is 32.2. The maximum Gasteiger partial charge on any atom is 0.237 e. The van der Waals surface area contributed by atoms with E-state index in [9.17, 15) is 0 Å². The number of benzene rings is 1. The summed E-state index contributed by atoms with van der Waals surface area (Å²) >= 11 is 1.42. The number of nitrogens with zero attached hydrogens (tertiary/aromatic N) is 6. The minimum absolute atomic E-state index is 0.147. The summed E-state index contributed by atoms with van der Waals surface area (Å²) in [5, 5.41) is 16.5.